The summed E-state index contributed by atoms with van der Waals surface area (Å²) < 4.78 is 5.81. The lowest BCUT2D eigenvalue weighted by Crippen LogP contribution is -2.49. The molecule has 2 saturated heterocycles. The van der Waals surface area contributed by atoms with Crippen LogP contribution in [0.2, 0.25) is 0 Å². The second kappa shape index (κ2) is 7.84. The Morgan fingerprint density at radius 1 is 1.17 bits per heavy atom. The first-order chi connectivity index (χ1) is 10.8. The summed E-state index contributed by atoms with van der Waals surface area (Å²) in [5.74, 6) is 0.624. The number of carbonyl (C=O) groups excluding carboxylic acids is 1. The van der Waals surface area contributed by atoms with E-state index >= 15 is 0 Å². The standard InChI is InChI=1S/C18H35N3O2/c1-15(2)6-11-21-14-18(23-17(21)22)8-12-20(13-9-18)16(3)7-10-19(4)5/h15-16H,6-14H2,1-5H3/t16-/m1/s1. The second-order valence-electron chi connectivity index (χ2n) is 8.13. The summed E-state index contributed by atoms with van der Waals surface area (Å²) in [6.07, 6.45) is 4.10. The predicted octanol–water partition coefficient (Wildman–Crippen LogP) is 2.66. The van der Waals surface area contributed by atoms with Crippen molar-refractivity contribution in [2.75, 3.05) is 46.8 Å². The lowest BCUT2D eigenvalue weighted by atomic mass is 9.90. The highest BCUT2D eigenvalue weighted by atomic mass is 16.6. The average molecular weight is 325 g/mol. The Morgan fingerprint density at radius 3 is 2.39 bits per heavy atom. The molecule has 0 saturated carbocycles. The van der Waals surface area contributed by atoms with E-state index in [0.717, 1.165) is 52.0 Å². The molecule has 2 aliphatic heterocycles. The van der Waals surface area contributed by atoms with Crippen molar-refractivity contribution in [1.82, 2.24) is 14.7 Å². The van der Waals surface area contributed by atoms with E-state index < -0.39 is 0 Å². The van der Waals surface area contributed by atoms with Gasteiger partial charge in [0, 0.05) is 38.5 Å². The summed E-state index contributed by atoms with van der Waals surface area (Å²) in [6.45, 7) is 11.5. The molecule has 0 aliphatic carbocycles. The number of likely N-dealkylation sites (tertiary alicyclic amines) is 1. The Bertz CT molecular complexity index is 390. The molecule has 0 bridgehead atoms. The number of nitrogens with zero attached hydrogens (tertiary/aromatic N) is 3. The quantitative estimate of drug-likeness (QED) is 0.721. The minimum absolute atomic E-state index is 0.0974. The molecular formula is C18H35N3O2. The zero-order chi connectivity index (χ0) is 17.0. The van der Waals surface area contributed by atoms with Crippen LogP contribution in [0.25, 0.3) is 0 Å². The molecule has 0 aromatic rings. The van der Waals surface area contributed by atoms with Crippen molar-refractivity contribution in [2.45, 2.75) is 58.1 Å². The summed E-state index contributed by atoms with van der Waals surface area (Å²) in [5, 5.41) is 0. The molecule has 0 aromatic carbocycles. The first-order valence-corrected chi connectivity index (χ1v) is 9.18. The summed E-state index contributed by atoms with van der Waals surface area (Å²) in [4.78, 5) is 18.9. The zero-order valence-corrected chi connectivity index (χ0v) is 15.7. The Labute approximate surface area is 141 Å². The molecule has 134 valence electrons. The lowest BCUT2D eigenvalue weighted by molar-refractivity contribution is -0.00958. The van der Waals surface area contributed by atoms with Gasteiger partial charge in [-0.1, -0.05) is 13.8 Å². The second-order valence-corrected chi connectivity index (χ2v) is 8.13. The maximum atomic E-state index is 12.1. The van der Waals surface area contributed by atoms with Crippen molar-refractivity contribution < 1.29 is 9.53 Å². The summed E-state index contributed by atoms with van der Waals surface area (Å²) in [7, 11) is 4.25. The number of carbonyl (C=O) groups is 1. The summed E-state index contributed by atoms with van der Waals surface area (Å²) >= 11 is 0. The van der Waals surface area contributed by atoms with E-state index in [4.69, 9.17) is 4.74 Å². The predicted molar refractivity (Wildman–Crippen MR) is 93.7 cm³/mol. The van der Waals surface area contributed by atoms with Gasteiger partial charge in [-0.3, -0.25) is 0 Å². The maximum absolute atomic E-state index is 12.1. The lowest BCUT2D eigenvalue weighted by Gasteiger charge is -2.40. The van der Waals surface area contributed by atoms with Crippen LogP contribution in [0.5, 0.6) is 0 Å². The number of piperidine rings is 1. The van der Waals surface area contributed by atoms with Gasteiger partial charge in [0.05, 0.1) is 6.54 Å². The highest BCUT2D eigenvalue weighted by Crippen LogP contribution is 2.34. The van der Waals surface area contributed by atoms with Crippen molar-refractivity contribution in [2.24, 2.45) is 5.92 Å². The largest absolute Gasteiger partial charge is 0.441 e. The van der Waals surface area contributed by atoms with Crippen LogP contribution in [-0.2, 0) is 4.74 Å². The number of hydrogen-bond donors (Lipinski definition) is 0. The van der Waals surface area contributed by atoms with E-state index in [0.29, 0.717) is 12.0 Å². The molecule has 1 amide bonds. The molecule has 1 spiro atoms. The van der Waals surface area contributed by atoms with Gasteiger partial charge in [-0.15, -0.1) is 0 Å². The third kappa shape index (κ3) is 5.08. The van der Waals surface area contributed by atoms with Crippen LogP contribution in [0.3, 0.4) is 0 Å². The van der Waals surface area contributed by atoms with Gasteiger partial charge in [0.1, 0.15) is 5.60 Å². The number of ether oxygens (including phenoxy) is 1. The zero-order valence-electron chi connectivity index (χ0n) is 15.7. The molecule has 1 atom stereocenters. The highest BCUT2D eigenvalue weighted by molar-refractivity contribution is 5.70. The van der Waals surface area contributed by atoms with Crippen LogP contribution in [0, 0.1) is 5.92 Å². The van der Waals surface area contributed by atoms with Crippen LogP contribution in [0.1, 0.15) is 46.5 Å². The van der Waals surface area contributed by atoms with E-state index in [1.54, 1.807) is 0 Å². The Kier molecular flexibility index (Phi) is 6.32. The van der Waals surface area contributed by atoms with E-state index in [9.17, 15) is 4.79 Å². The molecule has 2 heterocycles. The molecule has 0 unspecified atom stereocenters. The van der Waals surface area contributed by atoms with Gasteiger partial charge in [-0.05, 0) is 46.3 Å². The normalized spacial score (nSPS) is 23.1. The van der Waals surface area contributed by atoms with Crippen molar-refractivity contribution >= 4 is 6.09 Å². The molecule has 2 fully saturated rings. The molecule has 23 heavy (non-hydrogen) atoms. The fourth-order valence-corrected chi connectivity index (χ4v) is 3.54. The fraction of sp³-hybridized carbons (Fsp3) is 0.944. The van der Waals surface area contributed by atoms with Gasteiger partial charge in [0.25, 0.3) is 0 Å². The minimum atomic E-state index is -0.216. The first-order valence-electron chi connectivity index (χ1n) is 9.18. The van der Waals surface area contributed by atoms with Gasteiger partial charge in [-0.25, -0.2) is 4.79 Å². The Morgan fingerprint density at radius 2 is 1.83 bits per heavy atom. The molecule has 5 heteroatoms. The van der Waals surface area contributed by atoms with Crippen molar-refractivity contribution in [3.63, 3.8) is 0 Å². The molecule has 0 N–H and O–H groups in total. The SMILES string of the molecule is CC(C)CCN1CC2(CCN([C@H](C)CCN(C)C)CC2)OC1=O. The van der Waals surface area contributed by atoms with Crippen LogP contribution in [0.4, 0.5) is 4.79 Å². The average Bonchev–Trinajstić information content (AvgIpc) is 2.79. The summed E-state index contributed by atoms with van der Waals surface area (Å²) in [6, 6.07) is 0.601. The van der Waals surface area contributed by atoms with Crippen molar-refractivity contribution in [3.8, 4) is 0 Å². The third-order valence-corrected chi connectivity index (χ3v) is 5.34. The Hall–Kier alpha value is -0.810. The topological polar surface area (TPSA) is 36.0 Å². The van der Waals surface area contributed by atoms with Crippen molar-refractivity contribution in [1.29, 1.82) is 0 Å². The van der Waals surface area contributed by atoms with Crippen LogP contribution in [-0.4, -0.2) is 79.3 Å². The number of amides is 1. The van der Waals surface area contributed by atoms with Crippen LogP contribution >= 0.6 is 0 Å². The van der Waals surface area contributed by atoms with E-state index in [1.165, 1.54) is 6.42 Å². The highest BCUT2D eigenvalue weighted by Gasteiger charge is 2.47. The van der Waals surface area contributed by atoms with Gasteiger partial charge in [0.2, 0.25) is 0 Å². The van der Waals surface area contributed by atoms with Gasteiger partial charge in [0.15, 0.2) is 0 Å². The van der Waals surface area contributed by atoms with E-state index in [-0.39, 0.29) is 11.7 Å². The molecule has 2 aliphatic rings. The maximum Gasteiger partial charge on any atom is 0.410 e. The van der Waals surface area contributed by atoms with E-state index in [1.807, 2.05) is 4.90 Å². The molecule has 0 radical (unpaired) electrons. The van der Waals surface area contributed by atoms with Gasteiger partial charge >= 0.3 is 6.09 Å². The molecule has 2 rings (SSSR count). The molecular weight excluding hydrogens is 290 g/mol. The fourth-order valence-electron chi connectivity index (χ4n) is 3.54. The van der Waals surface area contributed by atoms with Crippen LogP contribution < -0.4 is 0 Å². The number of rotatable bonds is 7. The minimum Gasteiger partial charge on any atom is -0.441 e. The van der Waals surface area contributed by atoms with Gasteiger partial charge in [-0.2, -0.15) is 0 Å². The smallest absolute Gasteiger partial charge is 0.410 e. The first kappa shape index (κ1) is 18.5. The molecule has 5 nitrogen and oxygen atoms in total. The molecule has 0 aromatic heterocycles. The van der Waals surface area contributed by atoms with Crippen molar-refractivity contribution in [3.05, 3.63) is 0 Å². The van der Waals surface area contributed by atoms with E-state index in [2.05, 4.69) is 44.7 Å². The third-order valence-electron chi connectivity index (χ3n) is 5.34. The van der Waals surface area contributed by atoms with Crippen LogP contribution in [0.15, 0.2) is 0 Å². The number of hydrogen-bond acceptors (Lipinski definition) is 4. The summed E-state index contributed by atoms with van der Waals surface area (Å²) in [5.41, 5.74) is -0.216. The Balaban J connectivity index is 1.80. The monoisotopic (exact) mass is 325 g/mol. The van der Waals surface area contributed by atoms with Gasteiger partial charge < -0.3 is 19.4 Å².